The molecule has 8 nitrogen and oxygen atoms in total. The number of aryl methyl sites for hydroxylation is 1. The molecule has 11 heteroatoms. The van der Waals surface area contributed by atoms with Gasteiger partial charge in [-0.25, -0.2) is 12.8 Å². The predicted octanol–water partition coefficient (Wildman–Crippen LogP) is 1.75. The quantitative estimate of drug-likeness (QED) is 0.666. The van der Waals surface area contributed by atoms with E-state index >= 15 is 0 Å². The average Bonchev–Trinajstić information content (AvgIpc) is 3.19. The molecule has 2 amide bonds. The Morgan fingerprint density at radius 3 is 2.41 bits per heavy atom. The lowest BCUT2D eigenvalue weighted by atomic mass is 10.1. The Kier molecular flexibility index (Phi) is 6.39. The Morgan fingerprint density at radius 1 is 1.14 bits per heavy atom. The van der Waals surface area contributed by atoms with Crippen LogP contribution >= 0.6 is 15.9 Å². The van der Waals surface area contributed by atoms with E-state index in [-0.39, 0.29) is 61.6 Å². The van der Waals surface area contributed by atoms with Crippen molar-refractivity contribution in [2.75, 3.05) is 26.2 Å². The number of carbonyl (C=O) groups excluding carboxylic acids is 2. The average molecular weight is 488 g/mol. The van der Waals surface area contributed by atoms with E-state index in [0.717, 1.165) is 0 Å². The Morgan fingerprint density at radius 2 is 1.83 bits per heavy atom. The van der Waals surface area contributed by atoms with Gasteiger partial charge in [0.05, 0.1) is 0 Å². The molecule has 3 rings (SSSR count). The van der Waals surface area contributed by atoms with Gasteiger partial charge in [0, 0.05) is 37.1 Å². The highest BCUT2D eigenvalue weighted by atomic mass is 79.9. The third kappa shape index (κ3) is 4.85. The molecule has 2 aromatic rings. The number of nitrogens with two attached hydrogens (primary N) is 1. The predicted molar refractivity (Wildman–Crippen MR) is 105 cm³/mol. The van der Waals surface area contributed by atoms with Gasteiger partial charge in [0.2, 0.25) is 11.0 Å². The first-order valence-electron chi connectivity index (χ1n) is 8.80. The molecule has 0 bridgehead atoms. The standard InChI is InChI=1S/C18H19BrFN3O5S/c19-13-3-1-12(14(20)11-13)2-5-16(24)22-7-9-23(10-8-22)29(26,27)17-6-4-15(28-17)18(21)25/h1,3-4,6,11H,2,5,7-10H2,(H2,21,25). The van der Waals surface area contributed by atoms with Crippen LogP contribution in [0.5, 0.6) is 0 Å². The summed E-state index contributed by atoms with van der Waals surface area (Å²) in [5, 5.41) is -0.364. The summed E-state index contributed by atoms with van der Waals surface area (Å²) in [6, 6.07) is 7.07. The fourth-order valence-electron chi connectivity index (χ4n) is 3.02. The van der Waals surface area contributed by atoms with Crippen LogP contribution in [-0.2, 0) is 21.2 Å². The summed E-state index contributed by atoms with van der Waals surface area (Å²) in [4.78, 5) is 25.1. The third-order valence-electron chi connectivity index (χ3n) is 4.63. The summed E-state index contributed by atoms with van der Waals surface area (Å²) in [5.74, 6) is -1.64. The van der Waals surface area contributed by atoms with Crippen LogP contribution < -0.4 is 5.73 Å². The number of rotatable bonds is 6. The molecule has 0 atom stereocenters. The number of carbonyl (C=O) groups is 2. The Labute approximate surface area is 175 Å². The number of benzene rings is 1. The zero-order chi connectivity index (χ0) is 21.2. The molecule has 0 saturated carbocycles. The molecule has 2 heterocycles. The summed E-state index contributed by atoms with van der Waals surface area (Å²) in [5.41, 5.74) is 5.53. The minimum absolute atomic E-state index is 0.0906. The Balaban J connectivity index is 1.56. The number of sulfonamides is 1. The van der Waals surface area contributed by atoms with E-state index in [2.05, 4.69) is 15.9 Å². The zero-order valence-corrected chi connectivity index (χ0v) is 17.7. The van der Waals surface area contributed by atoms with E-state index in [0.29, 0.717) is 10.0 Å². The molecule has 156 valence electrons. The van der Waals surface area contributed by atoms with Gasteiger partial charge in [0.15, 0.2) is 5.76 Å². The third-order valence-corrected chi connectivity index (χ3v) is 6.90. The zero-order valence-electron chi connectivity index (χ0n) is 15.3. The number of piperazine rings is 1. The van der Waals surface area contributed by atoms with Crippen molar-refractivity contribution in [3.8, 4) is 0 Å². The maximum Gasteiger partial charge on any atom is 0.284 e. The summed E-state index contributed by atoms with van der Waals surface area (Å²) in [6.07, 6.45) is 0.393. The second kappa shape index (κ2) is 8.64. The highest BCUT2D eigenvalue weighted by Gasteiger charge is 2.32. The van der Waals surface area contributed by atoms with E-state index in [4.69, 9.17) is 10.2 Å². The van der Waals surface area contributed by atoms with Gasteiger partial charge in [0.25, 0.3) is 15.9 Å². The maximum absolute atomic E-state index is 13.9. The molecular weight excluding hydrogens is 469 g/mol. The van der Waals surface area contributed by atoms with Crippen molar-refractivity contribution in [2.24, 2.45) is 5.73 Å². The summed E-state index contributed by atoms with van der Waals surface area (Å²) < 4.78 is 45.9. The molecule has 0 aliphatic carbocycles. The lowest BCUT2D eigenvalue weighted by Gasteiger charge is -2.33. The number of hydrogen-bond acceptors (Lipinski definition) is 5. The van der Waals surface area contributed by atoms with Gasteiger partial charge in [-0.1, -0.05) is 22.0 Å². The molecule has 0 unspecified atom stereocenters. The summed E-state index contributed by atoms with van der Waals surface area (Å²) in [6.45, 7) is 0.606. The van der Waals surface area contributed by atoms with Crippen LogP contribution in [-0.4, -0.2) is 55.6 Å². The minimum Gasteiger partial charge on any atom is -0.438 e. The molecule has 1 aromatic carbocycles. The monoisotopic (exact) mass is 487 g/mol. The number of amides is 2. The van der Waals surface area contributed by atoms with Crippen molar-refractivity contribution in [3.63, 3.8) is 0 Å². The molecule has 2 N–H and O–H groups in total. The van der Waals surface area contributed by atoms with Gasteiger partial charge in [-0.3, -0.25) is 9.59 Å². The van der Waals surface area contributed by atoms with Gasteiger partial charge >= 0.3 is 0 Å². The van der Waals surface area contributed by atoms with Gasteiger partial charge in [-0.15, -0.1) is 0 Å². The van der Waals surface area contributed by atoms with Crippen LogP contribution in [0.3, 0.4) is 0 Å². The molecule has 29 heavy (non-hydrogen) atoms. The number of hydrogen-bond donors (Lipinski definition) is 1. The molecule has 1 aliphatic heterocycles. The normalized spacial score (nSPS) is 15.4. The fourth-order valence-corrected chi connectivity index (χ4v) is 4.69. The molecule has 0 radical (unpaired) electrons. The van der Waals surface area contributed by atoms with Crippen molar-refractivity contribution >= 4 is 37.8 Å². The molecule has 0 spiro atoms. The first-order chi connectivity index (χ1) is 13.7. The van der Waals surface area contributed by atoms with Crippen LogP contribution in [0.25, 0.3) is 0 Å². The Hall–Kier alpha value is -2.24. The highest BCUT2D eigenvalue weighted by molar-refractivity contribution is 9.10. The van der Waals surface area contributed by atoms with E-state index in [1.165, 1.54) is 22.5 Å². The van der Waals surface area contributed by atoms with Crippen molar-refractivity contribution in [1.82, 2.24) is 9.21 Å². The van der Waals surface area contributed by atoms with Crippen LogP contribution in [0.15, 0.2) is 44.3 Å². The second-order valence-corrected chi connectivity index (χ2v) is 9.29. The molecule has 1 aliphatic rings. The molecular formula is C18H19BrFN3O5S. The van der Waals surface area contributed by atoms with Crippen LogP contribution in [0.2, 0.25) is 0 Å². The lowest BCUT2D eigenvalue weighted by molar-refractivity contribution is -0.132. The first kappa shape index (κ1) is 21.5. The number of primary amides is 1. The van der Waals surface area contributed by atoms with Crippen LogP contribution in [0, 0.1) is 5.82 Å². The fraction of sp³-hybridized carbons (Fsp3) is 0.333. The first-order valence-corrected chi connectivity index (χ1v) is 11.0. The number of nitrogens with zero attached hydrogens (tertiary/aromatic N) is 2. The largest absolute Gasteiger partial charge is 0.438 e. The highest BCUT2D eigenvalue weighted by Crippen LogP contribution is 2.21. The van der Waals surface area contributed by atoms with E-state index in [1.807, 2.05) is 0 Å². The Bertz CT molecular complexity index is 1030. The van der Waals surface area contributed by atoms with Crippen molar-refractivity contribution in [3.05, 3.63) is 51.9 Å². The number of furan rings is 1. The second-order valence-electron chi connectivity index (χ2n) is 6.50. The van der Waals surface area contributed by atoms with E-state index < -0.39 is 15.9 Å². The molecule has 1 saturated heterocycles. The lowest BCUT2D eigenvalue weighted by Crippen LogP contribution is -2.50. The van der Waals surface area contributed by atoms with Crippen molar-refractivity contribution in [1.29, 1.82) is 0 Å². The molecule has 1 fully saturated rings. The van der Waals surface area contributed by atoms with E-state index in [1.54, 1.807) is 17.0 Å². The summed E-state index contributed by atoms with van der Waals surface area (Å²) >= 11 is 3.19. The SMILES string of the molecule is NC(=O)c1ccc(S(=O)(=O)N2CCN(C(=O)CCc3ccc(Br)cc3F)CC2)o1. The maximum atomic E-state index is 13.9. The minimum atomic E-state index is -3.92. The number of halogens is 2. The van der Waals surface area contributed by atoms with Gasteiger partial charge in [-0.2, -0.15) is 4.31 Å². The van der Waals surface area contributed by atoms with E-state index in [9.17, 15) is 22.4 Å². The summed E-state index contributed by atoms with van der Waals surface area (Å²) in [7, 11) is -3.92. The van der Waals surface area contributed by atoms with Gasteiger partial charge in [0.1, 0.15) is 5.82 Å². The van der Waals surface area contributed by atoms with Crippen LogP contribution in [0.1, 0.15) is 22.5 Å². The topological polar surface area (TPSA) is 114 Å². The van der Waals surface area contributed by atoms with Crippen molar-refractivity contribution < 1.29 is 26.8 Å². The van der Waals surface area contributed by atoms with Crippen LogP contribution in [0.4, 0.5) is 4.39 Å². The van der Waals surface area contributed by atoms with Gasteiger partial charge < -0.3 is 15.1 Å². The van der Waals surface area contributed by atoms with Gasteiger partial charge in [-0.05, 0) is 36.2 Å². The van der Waals surface area contributed by atoms with Crippen molar-refractivity contribution in [2.45, 2.75) is 17.9 Å². The molecule has 1 aromatic heterocycles. The smallest absolute Gasteiger partial charge is 0.284 e.